The number of hydrogen-bond acceptors (Lipinski definition) is 7. The van der Waals surface area contributed by atoms with Crippen LogP contribution in [0.5, 0.6) is 0 Å². The molecule has 7 nitrogen and oxygen atoms in total. The SMILES string of the molecule is COCC(=O)O[C@H]1CC[C@@]2(C)C(CC[C@]3(C)[C@@H]2CC[C@@H]2C4[C@H](C(C)C)CC[C@]4(C(=O)OCOC(C)=O)CC[C@]23C)C1(C)C. The molecule has 0 aliphatic heterocycles. The van der Waals surface area contributed by atoms with Gasteiger partial charge in [0.05, 0.1) is 5.41 Å². The van der Waals surface area contributed by atoms with Crippen LogP contribution < -0.4 is 0 Å². The van der Waals surface area contributed by atoms with Crippen molar-refractivity contribution in [1.82, 2.24) is 0 Å². The fourth-order valence-corrected chi connectivity index (χ4v) is 12.6. The molecule has 7 heteroatoms. The van der Waals surface area contributed by atoms with Gasteiger partial charge in [0.25, 0.3) is 0 Å². The maximum atomic E-state index is 13.9. The number of ether oxygens (including phenoxy) is 4. The van der Waals surface area contributed by atoms with E-state index in [2.05, 4.69) is 48.5 Å². The molecule has 0 N–H and O–H groups in total. The lowest BCUT2D eigenvalue weighted by atomic mass is 9.32. The highest BCUT2D eigenvalue weighted by atomic mass is 16.7. The molecule has 5 saturated carbocycles. The Labute approximate surface area is 259 Å². The van der Waals surface area contributed by atoms with Crippen LogP contribution in [0.4, 0.5) is 0 Å². The van der Waals surface area contributed by atoms with Crippen molar-refractivity contribution < 1.29 is 33.3 Å². The van der Waals surface area contributed by atoms with Crippen molar-refractivity contribution in [2.75, 3.05) is 20.5 Å². The van der Waals surface area contributed by atoms with E-state index < -0.39 is 11.4 Å². The zero-order valence-corrected chi connectivity index (χ0v) is 28.4. The van der Waals surface area contributed by atoms with Gasteiger partial charge in [-0.2, -0.15) is 0 Å². The van der Waals surface area contributed by atoms with Gasteiger partial charge >= 0.3 is 17.9 Å². The zero-order valence-electron chi connectivity index (χ0n) is 28.4. The molecule has 43 heavy (non-hydrogen) atoms. The second-order valence-corrected chi connectivity index (χ2v) is 16.8. The van der Waals surface area contributed by atoms with Crippen molar-refractivity contribution in [1.29, 1.82) is 0 Å². The third-order valence-electron chi connectivity index (χ3n) is 14.7. The minimum absolute atomic E-state index is 0.00623. The highest BCUT2D eigenvalue weighted by molar-refractivity contribution is 5.78. The van der Waals surface area contributed by atoms with Crippen LogP contribution in [0.1, 0.15) is 120 Å². The Kier molecular flexibility index (Phi) is 8.62. The van der Waals surface area contributed by atoms with Crippen molar-refractivity contribution in [3.63, 3.8) is 0 Å². The summed E-state index contributed by atoms with van der Waals surface area (Å²) in [6.07, 6.45) is 10.4. The molecule has 5 fully saturated rings. The molecule has 5 aliphatic carbocycles. The van der Waals surface area contributed by atoms with Crippen molar-refractivity contribution >= 4 is 17.9 Å². The fraction of sp³-hybridized carbons (Fsp3) is 0.917. The van der Waals surface area contributed by atoms with E-state index in [0.717, 1.165) is 51.4 Å². The van der Waals surface area contributed by atoms with Gasteiger partial charge in [0.1, 0.15) is 12.7 Å². The average Bonchev–Trinajstić information content (AvgIpc) is 3.32. The Morgan fingerprint density at radius 3 is 2.16 bits per heavy atom. The quantitative estimate of drug-likeness (QED) is 0.222. The Morgan fingerprint density at radius 1 is 0.791 bits per heavy atom. The van der Waals surface area contributed by atoms with E-state index in [1.807, 2.05) is 0 Å². The monoisotopic (exact) mass is 602 g/mol. The number of methoxy groups -OCH3 is 1. The molecule has 2 unspecified atom stereocenters. The smallest absolute Gasteiger partial charge is 0.332 e. The number of carbonyl (C=O) groups excluding carboxylic acids is 3. The highest BCUT2D eigenvalue weighted by Gasteiger charge is 2.72. The lowest BCUT2D eigenvalue weighted by Crippen LogP contribution is -2.67. The number of rotatable bonds is 7. The van der Waals surface area contributed by atoms with E-state index >= 15 is 0 Å². The first kappa shape index (κ1) is 32.8. The summed E-state index contributed by atoms with van der Waals surface area (Å²) < 4.78 is 21.8. The third-order valence-corrected chi connectivity index (χ3v) is 14.7. The summed E-state index contributed by atoms with van der Waals surface area (Å²) in [7, 11) is 1.54. The van der Waals surface area contributed by atoms with Crippen molar-refractivity contribution in [2.45, 2.75) is 126 Å². The van der Waals surface area contributed by atoms with E-state index in [1.165, 1.54) is 19.8 Å². The summed E-state index contributed by atoms with van der Waals surface area (Å²) in [6.45, 7) is 18.1. The van der Waals surface area contributed by atoms with E-state index in [9.17, 15) is 14.4 Å². The Morgan fingerprint density at radius 2 is 1.51 bits per heavy atom. The van der Waals surface area contributed by atoms with Gasteiger partial charge in [0.15, 0.2) is 0 Å². The largest absolute Gasteiger partial charge is 0.460 e. The maximum Gasteiger partial charge on any atom is 0.332 e. The van der Waals surface area contributed by atoms with Gasteiger partial charge in [-0.1, -0.05) is 48.5 Å². The Hall–Kier alpha value is -1.63. The average molecular weight is 603 g/mol. The second-order valence-electron chi connectivity index (χ2n) is 16.8. The second kappa shape index (κ2) is 11.3. The topological polar surface area (TPSA) is 88.1 Å². The number of esters is 3. The lowest BCUT2D eigenvalue weighted by Gasteiger charge is -2.72. The molecule has 0 aromatic rings. The lowest BCUT2D eigenvalue weighted by molar-refractivity contribution is -0.253. The van der Waals surface area contributed by atoms with E-state index in [-0.39, 0.29) is 53.1 Å². The highest BCUT2D eigenvalue weighted by Crippen LogP contribution is 2.77. The van der Waals surface area contributed by atoms with Crippen LogP contribution in [-0.4, -0.2) is 44.5 Å². The summed E-state index contributed by atoms with van der Waals surface area (Å²) in [5.74, 6) is 2.02. The molecule has 0 heterocycles. The molecular formula is C36H58O7. The molecule has 0 aromatic carbocycles. The van der Waals surface area contributed by atoms with Crippen LogP contribution in [0, 0.1) is 62.6 Å². The standard InChI is InChI=1S/C36H58O7/c1-22(2)24-12-17-36(31(39)42-21-41-23(3)37)19-18-34(7)25(30(24)36)10-11-27-33(6)15-14-28(43-29(38)20-40-9)32(4,5)26(33)13-16-35(27,34)8/h22,24-28,30H,10-21H2,1-9H3/t24-,25+,26?,27+,28-,30?,33-,34+,35+,36-/m0/s1. The molecule has 0 saturated heterocycles. The maximum absolute atomic E-state index is 13.9. The summed E-state index contributed by atoms with van der Waals surface area (Å²) in [5, 5.41) is 0. The molecule has 5 rings (SSSR count). The third kappa shape index (κ3) is 4.88. The van der Waals surface area contributed by atoms with Crippen LogP contribution in [0.15, 0.2) is 0 Å². The zero-order chi connectivity index (χ0) is 31.6. The van der Waals surface area contributed by atoms with Gasteiger partial charge in [-0.15, -0.1) is 0 Å². The molecule has 0 bridgehead atoms. The molecule has 0 amide bonds. The molecule has 0 radical (unpaired) electrons. The van der Waals surface area contributed by atoms with Crippen LogP contribution in [0.3, 0.4) is 0 Å². The van der Waals surface area contributed by atoms with Gasteiger partial charge in [0.2, 0.25) is 6.79 Å². The first-order valence-corrected chi connectivity index (χ1v) is 17.1. The summed E-state index contributed by atoms with van der Waals surface area (Å²) >= 11 is 0. The first-order valence-electron chi connectivity index (χ1n) is 17.1. The summed E-state index contributed by atoms with van der Waals surface area (Å²) in [5.41, 5.74) is -0.0849. The summed E-state index contributed by atoms with van der Waals surface area (Å²) in [4.78, 5) is 37.7. The number of hydrogen-bond donors (Lipinski definition) is 0. The van der Waals surface area contributed by atoms with Gasteiger partial charge in [0, 0.05) is 19.4 Å². The fourth-order valence-electron chi connectivity index (χ4n) is 12.6. The van der Waals surface area contributed by atoms with Gasteiger partial charge in [-0.25, -0.2) is 4.79 Å². The van der Waals surface area contributed by atoms with Crippen LogP contribution in [0.2, 0.25) is 0 Å². The number of fused-ring (bicyclic) bond motifs is 7. The van der Waals surface area contributed by atoms with Crippen LogP contribution in [-0.2, 0) is 33.3 Å². The first-order chi connectivity index (χ1) is 20.1. The molecule has 0 spiro atoms. The van der Waals surface area contributed by atoms with E-state index in [0.29, 0.717) is 35.5 Å². The predicted molar refractivity (Wildman–Crippen MR) is 163 cm³/mol. The van der Waals surface area contributed by atoms with Crippen molar-refractivity contribution in [2.24, 2.45) is 62.6 Å². The molecular weight excluding hydrogens is 544 g/mol. The molecule has 5 aliphatic rings. The normalized spacial score (nSPS) is 44.8. The van der Waals surface area contributed by atoms with Gasteiger partial charge in [-0.05, 0) is 116 Å². The van der Waals surface area contributed by atoms with Gasteiger partial charge in [-0.3, -0.25) is 9.59 Å². The van der Waals surface area contributed by atoms with Crippen molar-refractivity contribution in [3.8, 4) is 0 Å². The van der Waals surface area contributed by atoms with E-state index in [1.54, 1.807) is 7.11 Å². The van der Waals surface area contributed by atoms with E-state index in [4.69, 9.17) is 18.9 Å². The predicted octanol–water partition coefficient (Wildman–Crippen LogP) is 7.35. The molecule has 0 aromatic heterocycles. The van der Waals surface area contributed by atoms with Crippen LogP contribution >= 0.6 is 0 Å². The number of carbonyl (C=O) groups is 3. The van der Waals surface area contributed by atoms with Crippen molar-refractivity contribution in [3.05, 3.63) is 0 Å². The minimum atomic E-state index is -0.476. The molecule has 10 atom stereocenters. The van der Waals surface area contributed by atoms with Gasteiger partial charge < -0.3 is 18.9 Å². The summed E-state index contributed by atoms with van der Waals surface area (Å²) in [6, 6.07) is 0. The molecule has 244 valence electrons. The Bertz CT molecular complexity index is 1100. The minimum Gasteiger partial charge on any atom is -0.460 e. The Balaban J connectivity index is 1.44. The van der Waals surface area contributed by atoms with Crippen LogP contribution in [0.25, 0.3) is 0 Å².